The fourth-order valence-electron chi connectivity index (χ4n) is 1.28. The van der Waals surface area contributed by atoms with Crippen LogP contribution in [-0.4, -0.2) is 9.97 Å². The van der Waals surface area contributed by atoms with Crippen molar-refractivity contribution in [3.05, 3.63) is 34.6 Å². The van der Waals surface area contributed by atoms with Crippen LogP contribution in [-0.2, 0) is 0 Å². The third kappa shape index (κ3) is 2.82. The molecule has 5 N–H and O–H groups in total. The second kappa shape index (κ2) is 4.54. The first-order chi connectivity index (χ1) is 8.04. The van der Waals surface area contributed by atoms with E-state index >= 15 is 0 Å². The van der Waals surface area contributed by atoms with E-state index in [1.807, 2.05) is 0 Å². The Labute approximate surface area is 105 Å². The Balaban J connectivity index is 2.34. The Morgan fingerprint density at radius 1 is 1.18 bits per heavy atom. The Morgan fingerprint density at radius 2 is 1.94 bits per heavy atom. The Kier molecular flexibility index (Phi) is 3.10. The van der Waals surface area contributed by atoms with Crippen LogP contribution in [0.15, 0.2) is 28.7 Å². The minimum atomic E-state index is -0.399. The topological polar surface area (TPSA) is 89.8 Å². The molecule has 0 saturated carbocycles. The molecule has 88 valence electrons. The molecule has 7 heteroatoms. The van der Waals surface area contributed by atoms with E-state index in [4.69, 9.17) is 11.5 Å². The van der Waals surface area contributed by atoms with Gasteiger partial charge in [0, 0.05) is 10.5 Å². The zero-order valence-corrected chi connectivity index (χ0v) is 10.2. The first kappa shape index (κ1) is 11.6. The summed E-state index contributed by atoms with van der Waals surface area (Å²) in [4.78, 5) is 7.61. The molecule has 0 bridgehead atoms. The van der Waals surface area contributed by atoms with E-state index in [9.17, 15) is 4.39 Å². The SMILES string of the molecule is Nc1cc(Nc2cc(Br)ccc2F)nc(N)n1. The summed E-state index contributed by atoms with van der Waals surface area (Å²) in [6.45, 7) is 0. The minimum absolute atomic E-state index is 0.0305. The Morgan fingerprint density at radius 3 is 2.65 bits per heavy atom. The predicted molar refractivity (Wildman–Crippen MR) is 68.2 cm³/mol. The highest BCUT2D eigenvalue weighted by Crippen LogP contribution is 2.23. The molecule has 0 unspecified atom stereocenters. The molecule has 1 aromatic carbocycles. The quantitative estimate of drug-likeness (QED) is 0.791. The summed E-state index contributed by atoms with van der Waals surface area (Å²) in [7, 11) is 0. The molecule has 0 aliphatic carbocycles. The Hall–Kier alpha value is -1.89. The maximum absolute atomic E-state index is 13.5. The van der Waals surface area contributed by atoms with E-state index in [1.165, 1.54) is 12.1 Å². The lowest BCUT2D eigenvalue weighted by atomic mass is 10.3. The summed E-state index contributed by atoms with van der Waals surface area (Å²) in [5.74, 6) is 0.189. The van der Waals surface area contributed by atoms with Crippen LogP contribution in [0.2, 0.25) is 0 Å². The highest BCUT2D eigenvalue weighted by atomic mass is 79.9. The van der Waals surface area contributed by atoms with Gasteiger partial charge in [-0.2, -0.15) is 9.97 Å². The van der Waals surface area contributed by atoms with Crippen molar-refractivity contribution in [2.75, 3.05) is 16.8 Å². The molecule has 0 fully saturated rings. The molecule has 17 heavy (non-hydrogen) atoms. The maximum atomic E-state index is 13.5. The highest BCUT2D eigenvalue weighted by Gasteiger charge is 2.05. The number of hydrogen-bond acceptors (Lipinski definition) is 5. The van der Waals surface area contributed by atoms with Crippen LogP contribution in [0.5, 0.6) is 0 Å². The fraction of sp³-hybridized carbons (Fsp3) is 0. The molecule has 1 heterocycles. The summed E-state index contributed by atoms with van der Waals surface area (Å²) in [5, 5.41) is 2.78. The van der Waals surface area contributed by atoms with Crippen molar-refractivity contribution in [2.24, 2.45) is 0 Å². The second-order valence-corrected chi connectivity index (χ2v) is 4.20. The van der Waals surface area contributed by atoms with Gasteiger partial charge in [0.15, 0.2) is 0 Å². The van der Waals surface area contributed by atoms with Crippen molar-refractivity contribution in [3.8, 4) is 0 Å². The molecule has 5 nitrogen and oxygen atoms in total. The number of rotatable bonds is 2. The number of halogens is 2. The highest BCUT2D eigenvalue weighted by molar-refractivity contribution is 9.10. The molecule has 0 atom stereocenters. The largest absolute Gasteiger partial charge is 0.383 e. The lowest BCUT2D eigenvalue weighted by Gasteiger charge is -2.08. The van der Waals surface area contributed by atoms with Crippen molar-refractivity contribution >= 4 is 39.2 Å². The van der Waals surface area contributed by atoms with Crippen molar-refractivity contribution in [1.82, 2.24) is 9.97 Å². The van der Waals surface area contributed by atoms with Crippen LogP contribution in [0.25, 0.3) is 0 Å². The van der Waals surface area contributed by atoms with Crippen LogP contribution in [0.3, 0.4) is 0 Å². The van der Waals surface area contributed by atoms with Crippen LogP contribution in [0.4, 0.5) is 27.7 Å². The smallest absolute Gasteiger partial charge is 0.223 e. The minimum Gasteiger partial charge on any atom is -0.383 e. The van der Waals surface area contributed by atoms with E-state index in [2.05, 4.69) is 31.2 Å². The standard InChI is InChI=1S/C10H9BrFN5/c11-5-1-2-6(12)7(3-5)15-9-4-8(13)16-10(14)17-9/h1-4H,(H5,13,14,15,16,17). The number of anilines is 4. The second-order valence-electron chi connectivity index (χ2n) is 3.29. The number of nitrogens with zero attached hydrogens (tertiary/aromatic N) is 2. The number of aromatic nitrogens is 2. The van der Waals surface area contributed by atoms with E-state index in [0.29, 0.717) is 5.82 Å². The van der Waals surface area contributed by atoms with Gasteiger partial charge in [-0.15, -0.1) is 0 Å². The summed E-state index contributed by atoms with van der Waals surface area (Å²) in [6.07, 6.45) is 0. The van der Waals surface area contributed by atoms with Crippen LogP contribution in [0, 0.1) is 5.82 Å². The van der Waals surface area contributed by atoms with Gasteiger partial charge in [-0.05, 0) is 18.2 Å². The molecular formula is C10H9BrFN5. The van der Waals surface area contributed by atoms with Gasteiger partial charge in [0.2, 0.25) is 5.95 Å². The van der Waals surface area contributed by atoms with Crippen molar-refractivity contribution in [3.63, 3.8) is 0 Å². The first-order valence-electron chi connectivity index (χ1n) is 4.67. The van der Waals surface area contributed by atoms with E-state index < -0.39 is 5.82 Å². The van der Waals surface area contributed by atoms with E-state index in [0.717, 1.165) is 4.47 Å². The van der Waals surface area contributed by atoms with Crippen molar-refractivity contribution < 1.29 is 4.39 Å². The lowest BCUT2D eigenvalue weighted by Crippen LogP contribution is -2.03. The van der Waals surface area contributed by atoms with Gasteiger partial charge in [0.25, 0.3) is 0 Å². The van der Waals surface area contributed by atoms with Gasteiger partial charge >= 0.3 is 0 Å². The van der Waals surface area contributed by atoms with Crippen molar-refractivity contribution in [2.45, 2.75) is 0 Å². The van der Waals surface area contributed by atoms with E-state index in [1.54, 1.807) is 12.1 Å². The number of hydrogen-bond donors (Lipinski definition) is 3. The average Bonchev–Trinajstić information content (AvgIpc) is 2.22. The molecule has 0 saturated heterocycles. The zero-order chi connectivity index (χ0) is 12.4. The van der Waals surface area contributed by atoms with Crippen molar-refractivity contribution in [1.29, 1.82) is 0 Å². The third-order valence-corrected chi connectivity index (χ3v) is 2.45. The summed E-state index contributed by atoms with van der Waals surface area (Å²) in [5.41, 5.74) is 11.2. The van der Waals surface area contributed by atoms with Gasteiger partial charge in [-0.1, -0.05) is 15.9 Å². The molecule has 0 aliphatic heterocycles. The van der Waals surface area contributed by atoms with Gasteiger partial charge in [-0.25, -0.2) is 4.39 Å². The maximum Gasteiger partial charge on any atom is 0.223 e. The molecule has 1 aromatic heterocycles. The number of nitrogens with one attached hydrogen (secondary N) is 1. The van der Waals surface area contributed by atoms with Crippen LogP contribution < -0.4 is 16.8 Å². The third-order valence-electron chi connectivity index (χ3n) is 1.95. The zero-order valence-electron chi connectivity index (χ0n) is 8.61. The fourth-order valence-corrected chi connectivity index (χ4v) is 1.64. The first-order valence-corrected chi connectivity index (χ1v) is 5.46. The van der Waals surface area contributed by atoms with Gasteiger partial charge in [-0.3, -0.25) is 0 Å². The molecule has 0 spiro atoms. The summed E-state index contributed by atoms with van der Waals surface area (Å²) < 4.78 is 14.2. The lowest BCUT2D eigenvalue weighted by molar-refractivity contribution is 0.631. The van der Waals surface area contributed by atoms with Crippen LogP contribution >= 0.6 is 15.9 Å². The number of benzene rings is 1. The molecular weight excluding hydrogens is 289 g/mol. The number of nitrogen functional groups attached to an aromatic ring is 2. The predicted octanol–water partition coefficient (Wildman–Crippen LogP) is 2.29. The average molecular weight is 298 g/mol. The normalized spacial score (nSPS) is 10.2. The van der Waals surface area contributed by atoms with Gasteiger partial charge in [0.1, 0.15) is 17.5 Å². The summed E-state index contributed by atoms with van der Waals surface area (Å²) >= 11 is 3.25. The van der Waals surface area contributed by atoms with E-state index in [-0.39, 0.29) is 17.5 Å². The van der Waals surface area contributed by atoms with Gasteiger partial charge in [0.05, 0.1) is 5.69 Å². The molecule has 2 rings (SSSR count). The monoisotopic (exact) mass is 297 g/mol. The molecule has 0 aliphatic rings. The molecule has 0 amide bonds. The number of nitrogens with two attached hydrogens (primary N) is 2. The summed E-state index contributed by atoms with van der Waals surface area (Å²) in [6, 6.07) is 5.99. The van der Waals surface area contributed by atoms with Crippen LogP contribution in [0.1, 0.15) is 0 Å². The Bertz CT molecular complexity index is 540. The van der Waals surface area contributed by atoms with Gasteiger partial charge < -0.3 is 16.8 Å². The molecule has 2 aromatic rings. The molecule has 0 radical (unpaired) electrons.